The molecule has 0 N–H and O–H groups in total. The van der Waals surface area contributed by atoms with Crippen LogP contribution in [0.3, 0.4) is 0 Å². The van der Waals surface area contributed by atoms with E-state index < -0.39 is 5.97 Å². The topological polar surface area (TPSA) is 84.3 Å². The number of fused-ring (bicyclic) bond motifs is 1. The van der Waals surface area contributed by atoms with E-state index in [-0.39, 0.29) is 12.3 Å². The van der Waals surface area contributed by atoms with Crippen molar-refractivity contribution in [3.8, 4) is 5.75 Å². The zero-order valence-electron chi connectivity index (χ0n) is 10.5. The molecular weight excluding hydrogens is 246 g/mol. The number of hydrogen-bond donors (Lipinski definition) is 0. The predicted octanol–water partition coefficient (Wildman–Crippen LogP) is 2.84. The lowest BCUT2D eigenvalue weighted by molar-refractivity contribution is -0.138. The van der Waals surface area contributed by atoms with Gasteiger partial charge in [-0.15, -0.1) is 0 Å². The van der Waals surface area contributed by atoms with Gasteiger partial charge < -0.3 is 9.47 Å². The van der Waals surface area contributed by atoms with Crippen molar-refractivity contribution < 1.29 is 14.3 Å². The Morgan fingerprint density at radius 1 is 1.63 bits per heavy atom. The van der Waals surface area contributed by atoms with Crippen LogP contribution in [0.5, 0.6) is 5.75 Å². The van der Waals surface area contributed by atoms with Crippen LogP contribution >= 0.6 is 0 Å². The van der Waals surface area contributed by atoms with Crippen LogP contribution in [0.4, 0.5) is 0 Å². The molecule has 1 aromatic carbocycles. The molecule has 98 valence electrons. The summed E-state index contributed by atoms with van der Waals surface area (Å²) in [6, 6.07) is 5.60. The molecule has 6 nitrogen and oxygen atoms in total. The Morgan fingerprint density at radius 2 is 2.47 bits per heavy atom. The molecule has 0 bridgehead atoms. The minimum Gasteiger partial charge on any atom is -0.493 e. The normalized spacial score (nSPS) is 13.2. The van der Waals surface area contributed by atoms with Gasteiger partial charge in [-0.25, -0.2) is 4.79 Å². The van der Waals surface area contributed by atoms with E-state index in [0.29, 0.717) is 6.61 Å². The second-order valence-electron chi connectivity index (χ2n) is 3.91. The SMILES string of the molecule is CCOC(=O)/C(=C/c1ccc2c(c1)OCC2)N=[N+]=[N-]. The van der Waals surface area contributed by atoms with Crippen LogP contribution in [0.15, 0.2) is 29.0 Å². The summed E-state index contributed by atoms with van der Waals surface area (Å²) in [5, 5.41) is 3.36. The number of rotatable bonds is 4. The summed E-state index contributed by atoms with van der Waals surface area (Å²) in [5.74, 6) is 0.166. The first-order chi connectivity index (χ1) is 9.24. The Hall–Kier alpha value is -2.46. The van der Waals surface area contributed by atoms with Gasteiger partial charge in [0.15, 0.2) is 0 Å². The second-order valence-corrected chi connectivity index (χ2v) is 3.91. The fourth-order valence-electron chi connectivity index (χ4n) is 1.81. The van der Waals surface area contributed by atoms with Crippen molar-refractivity contribution in [2.45, 2.75) is 13.3 Å². The summed E-state index contributed by atoms with van der Waals surface area (Å²) < 4.78 is 10.3. The van der Waals surface area contributed by atoms with Gasteiger partial charge in [0, 0.05) is 11.3 Å². The number of carbonyl (C=O) groups is 1. The maximum Gasteiger partial charge on any atom is 0.340 e. The average Bonchev–Trinajstić information content (AvgIpc) is 2.86. The fraction of sp³-hybridized carbons (Fsp3) is 0.308. The van der Waals surface area contributed by atoms with Crippen molar-refractivity contribution in [1.29, 1.82) is 0 Å². The van der Waals surface area contributed by atoms with E-state index >= 15 is 0 Å². The standard InChI is InChI=1S/C13H13N3O3/c1-2-18-13(17)11(15-16-14)7-9-3-4-10-5-6-19-12(10)8-9/h3-4,7-8H,2,5-6H2,1H3/b11-7-. The highest BCUT2D eigenvalue weighted by Crippen LogP contribution is 2.27. The van der Waals surface area contributed by atoms with E-state index in [1.54, 1.807) is 6.92 Å². The third kappa shape index (κ3) is 3.05. The van der Waals surface area contributed by atoms with Gasteiger partial charge in [0.25, 0.3) is 0 Å². The molecule has 0 saturated heterocycles. The van der Waals surface area contributed by atoms with Crippen molar-refractivity contribution in [1.82, 2.24) is 0 Å². The molecule has 0 amide bonds. The molecule has 6 heteroatoms. The third-order valence-corrected chi connectivity index (χ3v) is 2.66. The van der Waals surface area contributed by atoms with Crippen molar-refractivity contribution >= 4 is 12.0 Å². The van der Waals surface area contributed by atoms with Crippen LogP contribution in [0.1, 0.15) is 18.1 Å². The Balaban J connectivity index is 2.30. The minimum atomic E-state index is -0.637. The number of nitrogens with zero attached hydrogens (tertiary/aromatic N) is 3. The van der Waals surface area contributed by atoms with E-state index in [1.165, 1.54) is 6.08 Å². The molecule has 0 saturated carbocycles. The van der Waals surface area contributed by atoms with Gasteiger partial charge in [0.1, 0.15) is 11.4 Å². The van der Waals surface area contributed by atoms with Crippen molar-refractivity contribution in [3.05, 3.63) is 45.5 Å². The Bertz CT molecular complexity index is 574. The van der Waals surface area contributed by atoms with E-state index in [2.05, 4.69) is 10.0 Å². The van der Waals surface area contributed by atoms with Crippen LogP contribution < -0.4 is 4.74 Å². The Kier molecular flexibility index (Phi) is 4.05. The van der Waals surface area contributed by atoms with E-state index in [1.807, 2.05) is 18.2 Å². The van der Waals surface area contributed by atoms with Gasteiger partial charge in [0.05, 0.1) is 13.2 Å². The maximum atomic E-state index is 11.6. The van der Waals surface area contributed by atoms with Gasteiger partial charge in [0.2, 0.25) is 0 Å². The molecule has 0 aromatic heterocycles. The lowest BCUT2D eigenvalue weighted by Crippen LogP contribution is -2.05. The van der Waals surface area contributed by atoms with Gasteiger partial charge in [-0.3, -0.25) is 0 Å². The molecule has 0 atom stereocenters. The van der Waals surface area contributed by atoms with Gasteiger partial charge in [-0.1, -0.05) is 17.2 Å². The molecule has 0 radical (unpaired) electrons. The summed E-state index contributed by atoms with van der Waals surface area (Å²) >= 11 is 0. The smallest absolute Gasteiger partial charge is 0.340 e. The first-order valence-corrected chi connectivity index (χ1v) is 5.94. The van der Waals surface area contributed by atoms with E-state index in [9.17, 15) is 4.79 Å². The zero-order valence-corrected chi connectivity index (χ0v) is 10.5. The van der Waals surface area contributed by atoms with Crippen LogP contribution in [-0.4, -0.2) is 19.2 Å². The summed E-state index contributed by atoms with van der Waals surface area (Å²) in [6.45, 7) is 2.59. The summed E-state index contributed by atoms with van der Waals surface area (Å²) in [4.78, 5) is 14.2. The van der Waals surface area contributed by atoms with Crippen LogP contribution in [0, 0.1) is 0 Å². The minimum absolute atomic E-state index is 0.0673. The van der Waals surface area contributed by atoms with Crippen LogP contribution in [-0.2, 0) is 16.0 Å². The third-order valence-electron chi connectivity index (χ3n) is 2.66. The molecule has 19 heavy (non-hydrogen) atoms. The largest absolute Gasteiger partial charge is 0.493 e. The molecule has 1 heterocycles. The summed E-state index contributed by atoms with van der Waals surface area (Å²) in [7, 11) is 0. The quantitative estimate of drug-likeness (QED) is 0.274. The maximum absolute atomic E-state index is 11.6. The molecule has 1 aromatic rings. The summed E-state index contributed by atoms with van der Waals surface area (Å²) in [5.41, 5.74) is 10.3. The molecular formula is C13H13N3O3. The first kappa shape index (κ1) is 13.0. The van der Waals surface area contributed by atoms with E-state index in [0.717, 1.165) is 23.3 Å². The van der Waals surface area contributed by atoms with Gasteiger partial charge >= 0.3 is 5.97 Å². The summed E-state index contributed by atoms with van der Waals surface area (Å²) in [6.07, 6.45) is 2.38. The molecule has 0 aliphatic carbocycles. The molecule has 1 aliphatic heterocycles. The number of benzene rings is 1. The first-order valence-electron chi connectivity index (χ1n) is 5.94. The Labute approximate surface area is 110 Å². The molecule has 0 spiro atoms. The lowest BCUT2D eigenvalue weighted by Gasteiger charge is -2.03. The highest BCUT2D eigenvalue weighted by atomic mass is 16.5. The number of hydrogen-bond acceptors (Lipinski definition) is 4. The number of ether oxygens (including phenoxy) is 2. The van der Waals surface area contributed by atoms with Crippen molar-refractivity contribution in [2.24, 2.45) is 5.11 Å². The zero-order chi connectivity index (χ0) is 13.7. The lowest BCUT2D eigenvalue weighted by atomic mass is 10.1. The van der Waals surface area contributed by atoms with Crippen LogP contribution in [0.25, 0.3) is 16.5 Å². The highest BCUT2D eigenvalue weighted by Gasteiger charge is 2.13. The predicted molar refractivity (Wildman–Crippen MR) is 69.4 cm³/mol. The average molecular weight is 259 g/mol. The van der Waals surface area contributed by atoms with Gasteiger partial charge in [-0.05, 0) is 35.7 Å². The molecule has 2 rings (SSSR count). The fourth-order valence-corrected chi connectivity index (χ4v) is 1.81. The monoisotopic (exact) mass is 259 g/mol. The van der Waals surface area contributed by atoms with Crippen molar-refractivity contribution in [2.75, 3.05) is 13.2 Å². The number of esters is 1. The van der Waals surface area contributed by atoms with Crippen LogP contribution in [0.2, 0.25) is 0 Å². The molecule has 0 fully saturated rings. The van der Waals surface area contributed by atoms with Gasteiger partial charge in [-0.2, -0.15) is 0 Å². The second kappa shape index (κ2) is 5.93. The van der Waals surface area contributed by atoms with Crippen molar-refractivity contribution in [3.63, 3.8) is 0 Å². The molecule has 0 unspecified atom stereocenters. The molecule has 1 aliphatic rings. The number of carbonyl (C=O) groups excluding carboxylic acids is 1. The van der Waals surface area contributed by atoms with E-state index in [4.69, 9.17) is 15.0 Å². The Morgan fingerprint density at radius 3 is 3.21 bits per heavy atom. The highest BCUT2D eigenvalue weighted by molar-refractivity contribution is 5.93. The number of azide groups is 1.